The highest BCUT2D eigenvalue weighted by atomic mass is 15.0. The van der Waals surface area contributed by atoms with E-state index < -0.39 is 0 Å². The molecule has 0 saturated heterocycles. The van der Waals surface area contributed by atoms with E-state index in [1.807, 2.05) is 116 Å². The number of nitrogens with zero attached hydrogens (tertiary/aromatic N) is 7. The van der Waals surface area contributed by atoms with Crippen LogP contribution in [0, 0.1) is 0 Å². The summed E-state index contributed by atoms with van der Waals surface area (Å²) in [7, 11) is 0. The molecule has 5 aromatic heterocycles. The van der Waals surface area contributed by atoms with Crippen molar-refractivity contribution in [3.05, 3.63) is 237 Å². The Bertz CT molecular complexity index is 3560. The molecule has 68 heavy (non-hydrogen) atoms. The lowest BCUT2D eigenvalue weighted by atomic mass is 9.95. The normalized spacial score (nSPS) is 11.2. The highest BCUT2D eigenvalue weighted by molar-refractivity contribution is 5.95. The largest absolute Gasteiger partial charge is 0.256 e. The number of para-hydroxylation sites is 2. The topological polar surface area (TPSA) is 90.2 Å². The third-order valence-electron chi connectivity index (χ3n) is 12.3. The van der Waals surface area contributed by atoms with Crippen molar-refractivity contribution in [3.63, 3.8) is 0 Å². The number of aromatic nitrogens is 7. The van der Waals surface area contributed by atoms with E-state index >= 15 is 0 Å². The number of fused-ring (bicyclic) bond motifs is 2. The van der Waals surface area contributed by atoms with Gasteiger partial charge in [-0.2, -0.15) is 0 Å². The van der Waals surface area contributed by atoms with Gasteiger partial charge in [0.05, 0.1) is 22.4 Å². The van der Waals surface area contributed by atoms with Gasteiger partial charge in [0.15, 0.2) is 17.5 Å². The molecule has 0 radical (unpaired) electrons. The van der Waals surface area contributed by atoms with Crippen molar-refractivity contribution in [3.8, 4) is 101 Å². The van der Waals surface area contributed by atoms with Crippen molar-refractivity contribution < 1.29 is 0 Å². The number of rotatable bonds is 9. The van der Waals surface area contributed by atoms with Gasteiger partial charge in [0.25, 0.3) is 0 Å². The average molecular weight is 870 g/mol. The molecule has 0 bridgehead atoms. The first kappa shape index (κ1) is 40.2. The van der Waals surface area contributed by atoms with Crippen LogP contribution in [0.4, 0.5) is 0 Å². The summed E-state index contributed by atoms with van der Waals surface area (Å²) >= 11 is 0. The maximum Gasteiger partial charge on any atom is 0.164 e. The zero-order valence-corrected chi connectivity index (χ0v) is 36.6. The second-order valence-electron chi connectivity index (χ2n) is 16.6. The molecule has 7 heteroatoms. The summed E-state index contributed by atoms with van der Waals surface area (Å²) in [5.41, 5.74) is 16.4. The Morgan fingerprint density at radius 2 is 0.603 bits per heavy atom. The summed E-state index contributed by atoms with van der Waals surface area (Å²) < 4.78 is 0. The first-order valence-corrected chi connectivity index (χ1v) is 22.5. The maximum absolute atomic E-state index is 5.33. The van der Waals surface area contributed by atoms with Crippen LogP contribution >= 0.6 is 0 Å². The zero-order chi connectivity index (χ0) is 45.2. The lowest BCUT2D eigenvalue weighted by Gasteiger charge is -2.14. The lowest BCUT2D eigenvalue weighted by Crippen LogP contribution is -2.01. The molecule has 0 aliphatic heterocycles. The Kier molecular flexibility index (Phi) is 10.4. The fourth-order valence-electron chi connectivity index (χ4n) is 8.90. The van der Waals surface area contributed by atoms with Crippen LogP contribution in [-0.4, -0.2) is 34.9 Å². The molecule has 0 N–H and O–H groups in total. The van der Waals surface area contributed by atoms with Crippen molar-refractivity contribution in [1.82, 2.24) is 34.9 Å². The van der Waals surface area contributed by atoms with Crippen molar-refractivity contribution in [2.45, 2.75) is 0 Å². The average Bonchev–Trinajstić information content (AvgIpc) is 3.43. The van der Waals surface area contributed by atoms with Gasteiger partial charge in [-0.05, 0) is 106 Å². The first-order chi connectivity index (χ1) is 33.7. The molecule has 0 saturated carbocycles. The van der Waals surface area contributed by atoms with E-state index in [-0.39, 0.29) is 0 Å². The minimum absolute atomic E-state index is 0.531. The van der Waals surface area contributed by atoms with E-state index in [1.54, 1.807) is 0 Å². The van der Waals surface area contributed by atoms with E-state index in [2.05, 4.69) is 131 Å². The molecule has 0 spiro atoms. The van der Waals surface area contributed by atoms with Crippen LogP contribution in [0.3, 0.4) is 0 Å². The number of hydrogen-bond acceptors (Lipinski definition) is 7. The van der Waals surface area contributed by atoms with Crippen LogP contribution in [0.25, 0.3) is 123 Å². The van der Waals surface area contributed by atoms with E-state index in [4.69, 9.17) is 24.9 Å². The van der Waals surface area contributed by atoms with E-state index in [0.717, 1.165) is 106 Å². The second kappa shape index (κ2) is 17.6. The number of pyridine rings is 4. The van der Waals surface area contributed by atoms with Gasteiger partial charge in [0, 0.05) is 74.5 Å². The predicted molar refractivity (Wildman–Crippen MR) is 275 cm³/mol. The van der Waals surface area contributed by atoms with Crippen molar-refractivity contribution in [2.75, 3.05) is 0 Å². The second-order valence-corrected chi connectivity index (χ2v) is 16.6. The molecule has 0 unspecified atom stereocenters. The SMILES string of the molecule is c1ccc(-c2cc(-c3ccccc3)cc(-c3nc(-c4ccccc4)nc(-c4cc(-c5ccc(-c6ccnc7ccccc67)cn5)cc(-c5ccc(-c6ccnc7ccccc67)cn5)c4)n3)c2)cc1. The smallest absolute Gasteiger partial charge is 0.164 e. The van der Waals surface area contributed by atoms with Gasteiger partial charge >= 0.3 is 0 Å². The fraction of sp³-hybridized carbons (Fsp3) is 0. The van der Waals surface area contributed by atoms with Gasteiger partial charge in [-0.3, -0.25) is 19.9 Å². The van der Waals surface area contributed by atoms with Gasteiger partial charge in [0.2, 0.25) is 0 Å². The summed E-state index contributed by atoms with van der Waals surface area (Å²) in [5, 5.41) is 2.15. The van der Waals surface area contributed by atoms with Gasteiger partial charge in [0.1, 0.15) is 0 Å². The maximum atomic E-state index is 5.33. The molecule has 12 aromatic rings. The summed E-state index contributed by atoms with van der Waals surface area (Å²) in [6.45, 7) is 0. The zero-order valence-electron chi connectivity index (χ0n) is 36.6. The van der Waals surface area contributed by atoms with E-state index in [9.17, 15) is 0 Å². The molecule has 318 valence electrons. The molecule has 0 atom stereocenters. The minimum atomic E-state index is 0.531. The summed E-state index contributed by atoms with van der Waals surface area (Å²) in [6, 6.07) is 72.8. The third-order valence-corrected chi connectivity index (χ3v) is 12.3. The minimum Gasteiger partial charge on any atom is -0.256 e. The molecule has 0 aliphatic carbocycles. The summed E-state index contributed by atoms with van der Waals surface area (Å²) in [5.74, 6) is 1.67. The van der Waals surface area contributed by atoms with Crippen molar-refractivity contribution in [2.24, 2.45) is 0 Å². The molecule has 0 fully saturated rings. The molecule has 7 nitrogen and oxygen atoms in total. The third kappa shape index (κ3) is 7.95. The van der Waals surface area contributed by atoms with Crippen LogP contribution in [0.5, 0.6) is 0 Å². The van der Waals surface area contributed by atoms with Crippen LogP contribution < -0.4 is 0 Å². The molecule has 0 aliphatic rings. The van der Waals surface area contributed by atoms with Gasteiger partial charge < -0.3 is 0 Å². The van der Waals surface area contributed by atoms with Crippen LogP contribution in [-0.2, 0) is 0 Å². The lowest BCUT2D eigenvalue weighted by molar-refractivity contribution is 1.07. The first-order valence-electron chi connectivity index (χ1n) is 22.5. The predicted octanol–water partition coefficient (Wildman–Crippen LogP) is 14.8. The fourth-order valence-corrected chi connectivity index (χ4v) is 8.90. The Morgan fingerprint density at radius 3 is 1.04 bits per heavy atom. The van der Waals surface area contributed by atoms with Gasteiger partial charge in [-0.1, -0.05) is 140 Å². The van der Waals surface area contributed by atoms with E-state index in [1.165, 1.54) is 0 Å². The summed E-state index contributed by atoms with van der Waals surface area (Å²) in [4.78, 5) is 35.1. The van der Waals surface area contributed by atoms with Gasteiger partial charge in [-0.25, -0.2) is 15.0 Å². The number of hydrogen-bond donors (Lipinski definition) is 0. The highest BCUT2D eigenvalue weighted by Crippen LogP contribution is 2.37. The highest BCUT2D eigenvalue weighted by Gasteiger charge is 2.18. The quantitative estimate of drug-likeness (QED) is 0.143. The van der Waals surface area contributed by atoms with Crippen LogP contribution in [0.1, 0.15) is 0 Å². The van der Waals surface area contributed by atoms with E-state index in [0.29, 0.717) is 17.5 Å². The monoisotopic (exact) mass is 869 g/mol. The Hall–Kier alpha value is -9.33. The molecule has 0 amide bonds. The molecule has 12 rings (SSSR count). The molecule has 7 aromatic carbocycles. The number of benzene rings is 7. The Morgan fingerprint density at radius 1 is 0.235 bits per heavy atom. The van der Waals surface area contributed by atoms with Crippen molar-refractivity contribution in [1.29, 1.82) is 0 Å². The standard InChI is InChI=1S/C61H39N7/c1-4-14-40(15-5-1)45-32-46(41-16-6-2-7-17-41)34-49(33-45)60-66-59(42-18-8-3-9-19-42)67-61(68-60)50-36-47(55-26-24-43(38-64-55)51-28-30-62-57-22-12-10-20-53(51)57)35-48(37-50)56-27-25-44(39-65-56)52-29-31-63-58-23-13-11-21-54(52)58/h1-39H. The Labute approximate surface area is 393 Å². The van der Waals surface area contributed by atoms with Crippen LogP contribution in [0.15, 0.2) is 237 Å². The van der Waals surface area contributed by atoms with Crippen LogP contribution in [0.2, 0.25) is 0 Å². The molecular formula is C61H39N7. The van der Waals surface area contributed by atoms with Crippen molar-refractivity contribution >= 4 is 21.8 Å². The van der Waals surface area contributed by atoms with Gasteiger partial charge in [-0.15, -0.1) is 0 Å². The molecular weight excluding hydrogens is 831 g/mol. The molecule has 5 heterocycles. The Balaban J connectivity index is 1.03. The summed E-state index contributed by atoms with van der Waals surface area (Å²) in [6.07, 6.45) is 7.58.